The number of hydrogen-bond acceptors (Lipinski definition) is 3. The highest BCUT2D eigenvalue weighted by Crippen LogP contribution is 2.11. The molecule has 1 heterocycles. The Balaban J connectivity index is 2.01. The van der Waals surface area contributed by atoms with E-state index in [0.29, 0.717) is 6.04 Å². The third kappa shape index (κ3) is 4.05. The largest absolute Gasteiger partial charge is 0.348 e. The van der Waals surface area contributed by atoms with Gasteiger partial charge >= 0.3 is 0 Å². The quantitative estimate of drug-likeness (QED) is 0.877. The van der Waals surface area contributed by atoms with Crippen LogP contribution in [0, 0.1) is 0 Å². The number of carbonyl (C=O) groups is 1. The van der Waals surface area contributed by atoms with Gasteiger partial charge in [0.25, 0.3) is 5.91 Å². The van der Waals surface area contributed by atoms with Crippen molar-refractivity contribution < 1.29 is 4.79 Å². The van der Waals surface area contributed by atoms with Gasteiger partial charge in [0.2, 0.25) is 0 Å². The summed E-state index contributed by atoms with van der Waals surface area (Å²) in [4.78, 5) is 14.4. The summed E-state index contributed by atoms with van der Waals surface area (Å²) in [6.45, 7) is 4.03. The Morgan fingerprint density at radius 3 is 2.95 bits per heavy atom. The monoisotopic (exact) mass is 275 g/mol. The molecule has 20 heavy (non-hydrogen) atoms. The maximum absolute atomic E-state index is 12.3. The molecule has 1 aromatic rings. The molecule has 1 amide bonds. The van der Waals surface area contributed by atoms with Crippen LogP contribution in [0.2, 0.25) is 0 Å². The molecular formula is C16H25N3O. The molecule has 1 aliphatic rings. The summed E-state index contributed by atoms with van der Waals surface area (Å²) in [6.07, 6.45) is 2.17. The van der Waals surface area contributed by atoms with Gasteiger partial charge in [-0.25, -0.2) is 0 Å². The molecule has 0 saturated carbocycles. The minimum atomic E-state index is 0.0335. The maximum Gasteiger partial charge on any atom is 0.251 e. The van der Waals surface area contributed by atoms with Gasteiger partial charge in [0.1, 0.15) is 0 Å². The third-order valence-electron chi connectivity index (χ3n) is 3.77. The van der Waals surface area contributed by atoms with Gasteiger partial charge < -0.3 is 15.5 Å². The molecule has 1 fully saturated rings. The van der Waals surface area contributed by atoms with Crippen LogP contribution in [0.1, 0.15) is 35.7 Å². The normalized spacial score (nSPS) is 22.8. The summed E-state index contributed by atoms with van der Waals surface area (Å²) >= 11 is 0. The predicted octanol–water partition coefficient (Wildman–Crippen LogP) is 1.62. The van der Waals surface area contributed by atoms with Crippen molar-refractivity contribution in [2.75, 3.05) is 20.6 Å². The second-order valence-electron chi connectivity index (χ2n) is 5.90. The van der Waals surface area contributed by atoms with E-state index in [0.717, 1.165) is 37.1 Å². The van der Waals surface area contributed by atoms with E-state index in [-0.39, 0.29) is 11.9 Å². The lowest BCUT2D eigenvalue weighted by molar-refractivity contribution is 0.0919. The van der Waals surface area contributed by atoms with E-state index in [1.807, 2.05) is 32.3 Å². The van der Waals surface area contributed by atoms with Crippen molar-refractivity contribution >= 4 is 5.91 Å². The van der Waals surface area contributed by atoms with E-state index in [4.69, 9.17) is 0 Å². The number of carbonyl (C=O) groups excluding carboxylic acids is 1. The minimum Gasteiger partial charge on any atom is -0.348 e. The van der Waals surface area contributed by atoms with Crippen molar-refractivity contribution in [3.8, 4) is 0 Å². The van der Waals surface area contributed by atoms with Gasteiger partial charge in [0.15, 0.2) is 0 Å². The molecule has 1 aromatic carbocycles. The molecule has 0 aromatic heterocycles. The molecule has 2 atom stereocenters. The average molecular weight is 275 g/mol. The Morgan fingerprint density at radius 1 is 1.45 bits per heavy atom. The van der Waals surface area contributed by atoms with E-state index < -0.39 is 0 Å². The molecule has 2 unspecified atom stereocenters. The lowest BCUT2D eigenvalue weighted by atomic mass is 9.99. The summed E-state index contributed by atoms with van der Waals surface area (Å²) in [7, 11) is 4.06. The van der Waals surface area contributed by atoms with Crippen molar-refractivity contribution in [3.05, 3.63) is 35.4 Å². The molecule has 1 aliphatic heterocycles. The van der Waals surface area contributed by atoms with Crippen molar-refractivity contribution in [1.29, 1.82) is 0 Å². The highest BCUT2D eigenvalue weighted by atomic mass is 16.1. The molecule has 0 bridgehead atoms. The molecule has 2 N–H and O–H groups in total. The van der Waals surface area contributed by atoms with Gasteiger partial charge in [0.05, 0.1) is 0 Å². The third-order valence-corrected chi connectivity index (χ3v) is 3.77. The lowest BCUT2D eigenvalue weighted by Crippen LogP contribution is -2.51. The molecule has 0 aliphatic carbocycles. The summed E-state index contributed by atoms with van der Waals surface area (Å²) in [6, 6.07) is 8.45. The molecule has 1 saturated heterocycles. The Kier molecular flexibility index (Phi) is 5.15. The van der Waals surface area contributed by atoms with Crippen molar-refractivity contribution in [2.24, 2.45) is 0 Å². The van der Waals surface area contributed by atoms with Gasteiger partial charge in [-0.3, -0.25) is 4.79 Å². The molecule has 4 heteroatoms. The smallest absolute Gasteiger partial charge is 0.251 e. The van der Waals surface area contributed by atoms with Gasteiger partial charge in [-0.05, 0) is 58.1 Å². The van der Waals surface area contributed by atoms with Crippen LogP contribution in [0.15, 0.2) is 24.3 Å². The highest BCUT2D eigenvalue weighted by molar-refractivity contribution is 5.94. The number of hydrogen-bond donors (Lipinski definition) is 2. The van der Waals surface area contributed by atoms with Crippen LogP contribution in [0.3, 0.4) is 0 Å². The van der Waals surface area contributed by atoms with Gasteiger partial charge in [-0.1, -0.05) is 12.1 Å². The minimum absolute atomic E-state index is 0.0335. The Hall–Kier alpha value is -1.39. The Bertz CT molecular complexity index is 459. The van der Waals surface area contributed by atoms with Crippen LogP contribution in [0.25, 0.3) is 0 Å². The zero-order valence-corrected chi connectivity index (χ0v) is 12.6. The van der Waals surface area contributed by atoms with Crippen LogP contribution in [0.4, 0.5) is 0 Å². The molecule has 2 rings (SSSR count). The zero-order chi connectivity index (χ0) is 14.5. The highest BCUT2D eigenvalue weighted by Gasteiger charge is 2.22. The van der Waals surface area contributed by atoms with E-state index in [1.165, 1.54) is 0 Å². The van der Waals surface area contributed by atoms with Crippen LogP contribution in [-0.2, 0) is 6.54 Å². The standard InChI is InChI=1S/C16H25N3O/c1-12-15(8-5-9-17-12)18-16(20)14-7-4-6-13(10-14)11-19(2)3/h4,6-7,10,12,15,17H,5,8-9,11H2,1-3H3,(H,18,20). The van der Waals surface area contributed by atoms with Gasteiger partial charge in [-0.15, -0.1) is 0 Å². The first-order chi connectivity index (χ1) is 9.56. The Labute approximate surface area is 121 Å². The summed E-state index contributed by atoms with van der Waals surface area (Å²) < 4.78 is 0. The first-order valence-corrected chi connectivity index (χ1v) is 7.34. The average Bonchev–Trinajstić information content (AvgIpc) is 2.41. The van der Waals surface area contributed by atoms with E-state index in [2.05, 4.69) is 28.5 Å². The molecule has 0 radical (unpaired) electrons. The van der Waals surface area contributed by atoms with Crippen LogP contribution >= 0.6 is 0 Å². The second-order valence-corrected chi connectivity index (χ2v) is 5.90. The van der Waals surface area contributed by atoms with E-state index in [9.17, 15) is 4.79 Å². The molecule has 4 nitrogen and oxygen atoms in total. The number of piperidine rings is 1. The van der Waals surface area contributed by atoms with E-state index >= 15 is 0 Å². The number of amides is 1. The fourth-order valence-corrected chi connectivity index (χ4v) is 2.67. The number of nitrogens with one attached hydrogen (secondary N) is 2. The van der Waals surface area contributed by atoms with Crippen LogP contribution in [0.5, 0.6) is 0 Å². The second kappa shape index (κ2) is 6.86. The van der Waals surface area contributed by atoms with Crippen molar-refractivity contribution in [2.45, 2.75) is 38.4 Å². The molecule has 110 valence electrons. The Morgan fingerprint density at radius 2 is 2.25 bits per heavy atom. The zero-order valence-electron chi connectivity index (χ0n) is 12.6. The molecule has 0 spiro atoms. The predicted molar refractivity (Wildman–Crippen MR) is 81.8 cm³/mol. The SMILES string of the molecule is CC1NCCCC1NC(=O)c1cccc(CN(C)C)c1. The fourth-order valence-electron chi connectivity index (χ4n) is 2.67. The van der Waals surface area contributed by atoms with Crippen LogP contribution in [-0.4, -0.2) is 43.5 Å². The number of nitrogens with zero attached hydrogens (tertiary/aromatic N) is 1. The first-order valence-electron chi connectivity index (χ1n) is 7.34. The topological polar surface area (TPSA) is 44.4 Å². The van der Waals surface area contributed by atoms with Crippen LogP contribution < -0.4 is 10.6 Å². The lowest BCUT2D eigenvalue weighted by Gasteiger charge is -2.30. The fraction of sp³-hybridized carbons (Fsp3) is 0.562. The first kappa shape index (κ1) is 15.0. The summed E-state index contributed by atoms with van der Waals surface area (Å²) in [5.74, 6) is 0.0335. The van der Waals surface area contributed by atoms with Gasteiger partial charge in [-0.2, -0.15) is 0 Å². The summed E-state index contributed by atoms with van der Waals surface area (Å²) in [5, 5.41) is 6.56. The molecular weight excluding hydrogens is 250 g/mol. The van der Waals surface area contributed by atoms with E-state index in [1.54, 1.807) is 0 Å². The number of rotatable bonds is 4. The van der Waals surface area contributed by atoms with Crippen molar-refractivity contribution in [3.63, 3.8) is 0 Å². The number of benzene rings is 1. The van der Waals surface area contributed by atoms with Crippen molar-refractivity contribution in [1.82, 2.24) is 15.5 Å². The van der Waals surface area contributed by atoms with Gasteiger partial charge in [0, 0.05) is 24.2 Å². The summed E-state index contributed by atoms with van der Waals surface area (Å²) in [5.41, 5.74) is 1.92. The maximum atomic E-state index is 12.3.